The second-order valence-corrected chi connectivity index (χ2v) is 9.22. The summed E-state index contributed by atoms with van der Waals surface area (Å²) in [6.45, 7) is 2.35. The molecular formula is C19H28N2O3S. The number of hydrogen-bond acceptors (Lipinski definition) is 3. The van der Waals surface area contributed by atoms with Gasteiger partial charge in [-0.05, 0) is 44.7 Å². The Morgan fingerprint density at radius 2 is 1.68 bits per heavy atom. The summed E-state index contributed by atoms with van der Waals surface area (Å²) < 4.78 is 27.4. The maximum atomic E-state index is 13.0. The number of rotatable bonds is 4. The van der Waals surface area contributed by atoms with E-state index in [-0.39, 0.29) is 16.8 Å². The Hall–Kier alpha value is -1.40. The second-order valence-electron chi connectivity index (χ2n) is 7.33. The van der Waals surface area contributed by atoms with Gasteiger partial charge in [-0.1, -0.05) is 37.0 Å². The lowest BCUT2D eigenvalue weighted by Gasteiger charge is -2.34. The molecule has 0 radical (unpaired) electrons. The first-order valence-electron chi connectivity index (χ1n) is 9.26. The van der Waals surface area contributed by atoms with Crippen LogP contribution in [-0.4, -0.2) is 49.2 Å². The summed E-state index contributed by atoms with van der Waals surface area (Å²) in [7, 11) is -1.79. The van der Waals surface area contributed by atoms with E-state index in [1.54, 1.807) is 24.3 Å². The molecule has 2 fully saturated rings. The van der Waals surface area contributed by atoms with Crippen LogP contribution in [0.15, 0.2) is 29.2 Å². The van der Waals surface area contributed by atoms with Gasteiger partial charge in [0.25, 0.3) is 0 Å². The normalized spacial score (nSPS) is 22.9. The first kappa shape index (κ1) is 18.4. The summed E-state index contributed by atoms with van der Waals surface area (Å²) in [5, 5.41) is 0. The van der Waals surface area contributed by atoms with E-state index in [1.165, 1.54) is 10.7 Å². The molecule has 1 heterocycles. The van der Waals surface area contributed by atoms with Crippen LogP contribution in [0.4, 0.5) is 0 Å². The fraction of sp³-hybridized carbons (Fsp3) is 0.632. The zero-order valence-corrected chi connectivity index (χ0v) is 16.0. The Morgan fingerprint density at radius 1 is 1.04 bits per heavy atom. The van der Waals surface area contributed by atoms with E-state index < -0.39 is 16.1 Å². The van der Waals surface area contributed by atoms with Crippen LogP contribution in [-0.2, 0) is 14.8 Å². The van der Waals surface area contributed by atoms with E-state index in [4.69, 9.17) is 0 Å². The molecule has 3 rings (SSSR count). The van der Waals surface area contributed by atoms with Gasteiger partial charge in [0.15, 0.2) is 0 Å². The van der Waals surface area contributed by atoms with E-state index in [9.17, 15) is 13.2 Å². The number of hydrogen-bond donors (Lipinski definition) is 0. The Kier molecular flexibility index (Phi) is 5.49. The molecule has 6 heteroatoms. The van der Waals surface area contributed by atoms with Crippen molar-refractivity contribution in [2.45, 2.75) is 68.8 Å². The van der Waals surface area contributed by atoms with E-state index in [0.717, 1.165) is 37.7 Å². The van der Waals surface area contributed by atoms with Gasteiger partial charge in [0.05, 0.1) is 4.90 Å². The van der Waals surface area contributed by atoms with Gasteiger partial charge in [0.1, 0.15) is 6.04 Å². The van der Waals surface area contributed by atoms with Crippen LogP contribution in [0, 0.1) is 6.92 Å². The molecule has 1 aliphatic heterocycles. The van der Waals surface area contributed by atoms with E-state index in [1.807, 2.05) is 18.9 Å². The standard InChI is InChI=1S/C19H28N2O3S/c1-15-10-12-17(13-11-15)25(23,24)21-14-6-9-18(21)19(22)20(2)16-7-4-3-5-8-16/h10-13,16,18H,3-9,14H2,1-2H3/t18-/m0/s1. The summed E-state index contributed by atoms with van der Waals surface area (Å²) in [6.07, 6.45) is 6.94. The van der Waals surface area contributed by atoms with Crippen molar-refractivity contribution in [2.75, 3.05) is 13.6 Å². The summed E-state index contributed by atoms with van der Waals surface area (Å²) >= 11 is 0. The average molecular weight is 365 g/mol. The van der Waals surface area contributed by atoms with Gasteiger partial charge in [-0.2, -0.15) is 4.31 Å². The van der Waals surface area contributed by atoms with E-state index in [2.05, 4.69) is 0 Å². The molecule has 0 bridgehead atoms. The first-order chi connectivity index (χ1) is 11.9. The molecule has 25 heavy (non-hydrogen) atoms. The molecule has 1 saturated heterocycles. The van der Waals surface area contributed by atoms with E-state index in [0.29, 0.717) is 13.0 Å². The lowest BCUT2D eigenvalue weighted by Crippen LogP contribution is -2.49. The van der Waals surface area contributed by atoms with Gasteiger partial charge in [0, 0.05) is 19.6 Å². The molecule has 0 spiro atoms. The van der Waals surface area contributed by atoms with Crippen LogP contribution >= 0.6 is 0 Å². The highest BCUT2D eigenvalue weighted by molar-refractivity contribution is 7.89. The molecule has 0 N–H and O–H groups in total. The number of benzene rings is 1. The largest absolute Gasteiger partial charge is 0.341 e. The third-order valence-corrected chi connectivity index (χ3v) is 7.51. The summed E-state index contributed by atoms with van der Waals surface area (Å²) in [6, 6.07) is 6.57. The van der Waals surface area contributed by atoms with Crippen LogP contribution in [0.1, 0.15) is 50.5 Å². The van der Waals surface area contributed by atoms with Crippen molar-refractivity contribution in [3.8, 4) is 0 Å². The van der Waals surface area contributed by atoms with Crippen molar-refractivity contribution < 1.29 is 13.2 Å². The fourth-order valence-electron chi connectivity index (χ4n) is 4.00. The Labute approximate surface area is 151 Å². The van der Waals surface area contributed by atoms with Gasteiger partial charge in [-0.15, -0.1) is 0 Å². The monoisotopic (exact) mass is 364 g/mol. The lowest BCUT2D eigenvalue weighted by molar-refractivity contribution is -0.136. The van der Waals surface area contributed by atoms with Crippen molar-refractivity contribution in [1.82, 2.24) is 9.21 Å². The number of carbonyl (C=O) groups excluding carboxylic acids is 1. The van der Waals surface area contributed by atoms with Gasteiger partial charge in [0.2, 0.25) is 15.9 Å². The molecule has 0 unspecified atom stereocenters. The van der Waals surface area contributed by atoms with Gasteiger partial charge in [-0.3, -0.25) is 4.79 Å². The topological polar surface area (TPSA) is 57.7 Å². The molecule has 1 aromatic rings. The molecule has 0 aromatic heterocycles. The lowest BCUT2D eigenvalue weighted by atomic mass is 9.94. The van der Waals surface area contributed by atoms with E-state index >= 15 is 0 Å². The van der Waals surface area contributed by atoms with Crippen LogP contribution in [0.25, 0.3) is 0 Å². The van der Waals surface area contributed by atoms with Crippen LogP contribution in [0.3, 0.4) is 0 Å². The molecule has 1 aliphatic carbocycles. The third kappa shape index (κ3) is 3.75. The number of amides is 1. The minimum Gasteiger partial charge on any atom is -0.341 e. The van der Waals surface area contributed by atoms with Gasteiger partial charge < -0.3 is 4.90 Å². The summed E-state index contributed by atoms with van der Waals surface area (Å²) in [5.74, 6) is -0.0416. The predicted molar refractivity (Wildman–Crippen MR) is 97.7 cm³/mol. The number of likely N-dealkylation sites (N-methyl/N-ethyl adjacent to an activating group) is 1. The average Bonchev–Trinajstić information content (AvgIpc) is 3.12. The third-order valence-electron chi connectivity index (χ3n) is 5.59. The maximum Gasteiger partial charge on any atom is 0.243 e. The van der Waals surface area contributed by atoms with Gasteiger partial charge in [-0.25, -0.2) is 8.42 Å². The van der Waals surface area contributed by atoms with Crippen molar-refractivity contribution in [2.24, 2.45) is 0 Å². The second kappa shape index (κ2) is 7.46. The Balaban J connectivity index is 1.79. The van der Waals surface area contributed by atoms with Crippen LogP contribution in [0.5, 0.6) is 0 Å². The molecular weight excluding hydrogens is 336 g/mol. The Bertz CT molecular complexity index is 709. The van der Waals surface area contributed by atoms with Crippen molar-refractivity contribution in [1.29, 1.82) is 0 Å². The van der Waals surface area contributed by atoms with Crippen molar-refractivity contribution >= 4 is 15.9 Å². The summed E-state index contributed by atoms with van der Waals surface area (Å²) in [4.78, 5) is 15.1. The first-order valence-corrected chi connectivity index (χ1v) is 10.7. The quantitative estimate of drug-likeness (QED) is 0.825. The van der Waals surface area contributed by atoms with Crippen LogP contribution in [0.2, 0.25) is 0 Å². The smallest absolute Gasteiger partial charge is 0.243 e. The zero-order valence-electron chi connectivity index (χ0n) is 15.1. The molecule has 1 amide bonds. The highest BCUT2D eigenvalue weighted by atomic mass is 32.2. The molecule has 138 valence electrons. The molecule has 1 aromatic carbocycles. The highest BCUT2D eigenvalue weighted by Gasteiger charge is 2.41. The van der Waals surface area contributed by atoms with Crippen molar-refractivity contribution in [3.05, 3.63) is 29.8 Å². The Morgan fingerprint density at radius 3 is 2.32 bits per heavy atom. The fourth-order valence-corrected chi connectivity index (χ4v) is 5.65. The SMILES string of the molecule is Cc1ccc(S(=O)(=O)N2CCC[C@H]2C(=O)N(C)C2CCCCC2)cc1. The summed E-state index contributed by atoms with van der Waals surface area (Å²) in [5.41, 5.74) is 1.02. The van der Waals surface area contributed by atoms with Gasteiger partial charge >= 0.3 is 0 Å². The number of carbonyl (C=O) groups is 1. The number of aryl methyl sites for hydroxylation is 1. The number of sulfonamides is 1. The highest BCUT2D eigenvalue weighted by Crippen LogP contribution is 2.29. The number of nitrogens with zero attached hydrogens (tertiary/aromatic N) is 2. The molecule has 1 saturated carbocycles. The van der Waals surface area contributed by atoms with Crippen LogP contribution < -0.4 is 0 Å². The minimum atomic E-state index is -3.63. The maximum absolute atomic E-state index is 13.0. The zero-order chi connectivity index (χ0) is 18.0. The minimum absolute atomic E-state index is 0.0416. The molecule has 5 nitrogen and oxygen atoms in total. The predicted octanol–water partition coefficient (Wildman–Crippen LogP) is 2.94. The van der Waals surface area contributed by atoms with Crippen molar-refractivity contribution in [3.63, 3.8) is 0 Å². The molecule has 1 atom stereocenters. The molecule has 2 aliphatic rings.